The molecular formula is C15H24N2O. The van der Waals surface area contributed by atoms with Crippen LogP contribution in [-0.4, -0.2) is 47.6 Å². The van der Waals surface area contributed by atoms with Crippen molar-refractivity contribution in [3.63, 3.8) is 0 Å². The minimum Gasteiger partial charge on any atom is -0.508 e. The average Bonchev–Trinajstić information content (AvgIpc) is 2.38. The molecule has 1 N–H and O–H groups in total. The van der Waals surface area contributed by atoms with Gasteiger partial charge in [-0.2, -0.15) is 0 Å². The largest absolute Gasteiger partial charge is 0.508 e. The van der Waals surface area contributed by atoms with E-state index in [0.29, 0.717) is 17.8 Å². The molecule has 1 heterocycles. The number of likely N-dealkylation sites (N-methyl/N-ethyl adjacent to an activating group) is 1. The zero-order valence-electron chi connectivity index (χ0n) is 11.6. The van der Waals surface area contributed by atoms with Crippen LogP contribution in [0.2, 0.25) is 0 Å². The Balaban J connectivity index is 2.07. The van der Waals surface area contributed by atoms with Crippen LogP contribution in [0.5, 0.6) is 5.75 Å². The highest BCUT2D eigenvalue weighted by Crippen LogP contribution is 2.25. The molecule has 1 fully saturated rings. The summed E-state index contributed by atoms with van der Waals surface area (Å²) < 4.78 is 0. The maximum Gasteiger partial charge on any atom is 0.115 e. The Morgan fingerprint density at radius 1 is 1.39 bits per heavy atom. The molecule has 1 saturated heterocycles. The van der Waals surface area contributed by atoms with Gasteiger partial charge >= 0.3 is 0 Å². The summed E-state index contributed by atoms with van der Waals surface area (Å²) in [4.78, 5) is 4.97. The number of phenols is 1. The number of phenolic OH excluding ortho intramolecular Hbond substituents is 1. The average molecular weight is 248 g/mol. The summed E-state index contributed by atoms with van der Waals surface area (Å²) in [6.07, 6.45) is 1.19. The van der Waals surface area contributed by atoms with E-state index in [1.807, 2.05) is 12.1 Å². The van der Waals surface area contributed by atoms with Gasteiger partial charge in [0.05, 0.1) is 0 Å². The normalized spacial score (nSPS) is 24.1. The molecule has 3 heteroatoms. The van der Waals surface area contributed by atoms with Crippen molar-refractivity contribution in [1.29, 1.82) is 0 Å². The van der Waals surface area contributed by atoms with Gasteiger partial charge in [-0.3, -0.25) is 4.90 Å². The molecular weight excluding hydrogens is 224 g/mol. The van der Waals surface area contributed by atoms with Gasteiger partial charge in [0, 0.05) is 31.7 Å². The fraction of sp³-hybridized carbons (Fsp3) is 0.600. The second-order valence-electron chi connectivity index (χ2n) is 5.31. The van der Waals surface area contributed by atoms with Crippen LogP contribution in [0.25, 0.3) is 0 Å². The Hall–Kier alpha value is -1.06. The van der Waals surface area contributed by atoms with E-state index in [9.17, 15) is 5.11 Å². The molecule has 1 aliphatic heterocycles. The number of piperazine rings is 1. The first kappa shape index (κ1) is 13.4. The summed E-state index contributed by atoms with van der Waals surface area (Å²) in [5, 5.41) is 9.57. The predicted octanol–water partition coefficient (Wildman–Crippen LogP) is 2.48. The molecule has 100 valence electrons. The van der Waals surface area contributed by atoms with E-state index in [-0.39, 0.29) is 0 Å². The molecule has 2 rings (SSSR count). The predicted molar refractivity (Wildman–Crippen MR) is 74.8 cm³/mol. The zero-order valence-corrected chi connectivity index (χ0v) is 11.6. The van der Waals surface area contributed by atoms with Crippen LogP contribution < -0.4 is 0 Å². The highest BCUT2D eigenvalue weighted by atomic mass is 16.3. The van der Waals surface area contributed by atoms with Crippen molar-refractivity contribution in [2.75, 3.05) is 26.7 Å². The zero-order chi connectivity index (χ0) is 13.1. The third-order valence-corrected chi connectivity index (χ3v) is 4.18. The highest BCUT2D eigenvalue weighted by Gasteiger charge is 2.26. The molecule has 1 aliphatic rings. The second kappa shape index (κ2) is 5.72. The van der Waals surface area contributed by atoms with Crippen LogP contribution in [0.3, 0.4) is 0 Å². The molecule has 1 aromatic carbocycles. The van der Waals surface area contributed by atoms with Crippen molar-refractivity contribution >= 4 is 0 Å². The first-order valence-electron chi connectivity index (χ1n) is 6.85. The van der Waals surface area contributed by atoms with Crippen molar-refractivity contribution in [2.24, 2.45) is 0 Å². The van der Waals surface area contributed by atoms with Crippen molar-refractivity contribution < 1.29 is 5.11 Å². The van der Waals surface area contributed by atoms with Crippen LogP contribution in [-0.2, 0) is 0 Å². The summed E-state index contributed by atoms with van der Waals surface area (Å²) in [5.74, 6) is 0.362. The number of benzene rings is 1. The van der Waals surface area contributed by atoms with Gasteiger partial charge in [-0.05, 0) is 38.1 Å². The molecule has 0 aliphatic carbocycles. The Labute approximate surface area is 110 Å². The van der Waals surface area contributed by atoms with Crippen LogP contribution in [0.1, 0.15) is 31.9 Å². The van der Waals surface area contributed by atoms with Gasteiger partial charge in [0.2, 0.25) is 0 Å². The maximum atomic E-state index is 9.57. The minimum absolute atomic E-state index is 0.362. The number of hydrogen-bond acceptors (Lipinski definition) is 3. The second-order valence-corrected chi connectivity index (χ2v) is 5.31. The Kier molecular flexibility index (Phi) is 4.25. The molecule has 0 aromatic heterocycles. The number of nitrogens with zero attached hydrogens (tertiary/aromatic N) is 2. The molecule has 0 amide bonds. The van der Waals surface area contributed by atoms with Gasteiger partial charge < -0.3 is 10.0 Å². The Bertz CT molecular complexity index is 394. The summed E-state index contributed by atoms with van der Waals surface area (Å²) in [7, 11) is 2.21. The van der Waals surface area contributed by atoms with E-state index in [4.69, 9.17) is 0 Å². The van der Waals surface area contributed by atoms with Gasteiger partial charge in [-0.25, -0.2) is 0 Å². The number of rotatable bonds is 3. The van der Waals surface area contributed by atoms with Gasteiger partial charge in [-0.1, -0.05) is 19.1 Å². The molecule has 3 nitrogen and oxygen atoms in total. The van der Waals surface area contributed by atoms with E-state index < -0.39 is 0 Å². The molecule has 0 saturated carbocycles. The topological polar surface area (TPSA) is 26.7 Å². The third kappa shape index (κ3) is 2.85. The summed E-state index contributed by atoms with van der Waals surface area (Å²) in [6, 6.07) is 8.66. The van der Waals surface area contributed by atoms with E-state index in [0.717, 1.165) is 19.6 Å². The van der Waals surface area contributed by atoms with Crippen molar-refractivity contribution in [3.05, 3.63) is 29.8 Å². The molecule has 18 heavy (non-hydrogen) atoms. The molecule has 0 radical (unpaired) electrons. The Morgan fingerprint density at radius 2 is 2.17 bits per heavy atom. The first-order valence-corrected chi connectivity index (χ1v) is 6.85. The number of aromatic hydroxyl groups is 1. The van der Waals surface area contributed by atoms with Crippen molar-refractivity contribution in [2.45, 2.75) is 32.4 Å². The van der Waals surface area contributed by atoms with Crippen LogP contribution in [0.15, 0.2) is 24.3 Å². The summed E-state index contributed by atoms with van der Waals surface area (Å²) in [5.41, 5.74) is 1.20. The maximum absolute atomic E-state index is 9.57. The molecule has 2 unspecified atom stereocenters. The van der Waals surface area contributed by atoms with E-state index in [1.165, 1.54) is 12.0 Å². The third-order valence-electron chi connectivity index (χ3n) is 4.18. The van der Waals surface area contributed by atoms with Gasteiger partial charge in [0.25, 0.3) is 0 Å². The fourth-order valence-electron chi connectivity index (χ4n) is 2.76. The SMILES string of the molecule is CCC1CN(C(C)c2cccc(O)c2)CCN1C. The minimum atomic E-state index is 0.362. The van der Waals surface area contributed by atoms with Crippen molar-refractivity contribution in [3.8, 4) is 5.75 Å². The summed E-state index contributed by atoms with van der Waals surface area (Å²) in [6.45, 7) is 7.83. The van der Waals surface area contributed by atoms with Crippen LogP contribution in [0, 0.1) is 0 Å². The molecule has 0 spiro atoms. The monoisotopic (exact) mass is 248 g/mol. The highest BCUT2D eigenvalue weighted by molar-refractivity contribution is 5.29. The van der Waals surface area contributed by atoms with Crippen LogP contribution >= 0.6 is 0 Å². The lowest BCUT2D eigenvalue weighted by Gasteiger charge is -2.42. The van der Waals surface area contributed by atoms with E-state index in [2.05, 4.69) is 36.8 Å². The number of hydrogen-bond donors (Lipinski definition) is 1. The van der Waals surface area contributed by atoms with E-state index >= 15 is 0 Å². The summed E-state index contributed by atoms with van der Waals surface area (Å²) >= 11 is 0. The molecule has 2 atom stereocenters. The van der Waals surface area contributed by atoms with Gasteiger partial charge in [0.1, 0.15) is 5.75 Å². The molecule has 1 aromatic rings. The Morgan fingerprint density at radius 3 is 2.83 bits per heavy atom. The first-order chi connectivity index (χ1) is 8.61. The van der Waals surface area contributed by atoms with Gasteiger partial charge in [-0.15, -0.1) is 0 Å². The van der Waals surface area contributed by atoms with E-state index in [1.54, 1.807) is 6.07 Å². The lowest BCUT2D eigenvalue weighted by atomic mass is 10.0. The molecule has 0 bridgehead atoms. The smallest absolute Gasteiger partial charge is 0.115 e. The lowest BCUT2D eigenvalue weighted by Crippen LogP contribution is -2.51. The van der Waals surface area contributed by atoms with Gasteiger partial charge in [0.15, 0.2) is 0 Å². The van der Waals surface area contributed by atoms with Crippen molar-refractivity contribution in [1.82, 2.24) is 9.80 Å². The van der Waals surface area contributed by atoms with Crippen LogP contribution in [0.4, 0.5) is 0 Å². The lowest BCUT2D eigenvalue weighted by molar-refractivity contribution is 0.0674. The fourth-order valence-corrected chi connectivity index (χ4v) is 2.76. The quantitative estimate of drug-likeness (QED) is 0.890. The standard InChI is InChI=1S/C15H24N2O/c1-4-14-11-17(9-8-16(14)3)12(2)13-6-5-7-15(18)10-13/h5-7,10,12,14,18H,4,8-9,11H2,1-3H3.